The Bertz CT molecular complexity index is 1250. The summed E-state index contributed by atoms with van der Waals surface area (Å²) in [6.45, 7) is 13.7. The number of rotatable bonds is 18. The number of likely N-dealkylation sites (tertiary alicyclic amines) is 1. The van der Waals surface area contributed by atoms with Crippen LogP contribution >= 0.6 is 0 Å². The van der Waals surface area contributed by atoms with Gasteiger partial charge in [-0.1, -0.05) is 67.7 Å². The second kappa shape index (κ2) is 17.0. The summed E-state index contributed by atoms with van der Waals surface area (Å²) in [5.41, 5.74) is 0.184. The zero-order valence-electron chi connectivity index (χ0n) is 28.8. The lowest BCUT2D eigenvalue weighted by Crippen LogP contribution is -2.56. The van der Waals surface area contributed by atoms with Crippen molar-refractivity contribution in [2.45, 2.75) is 118 Å². The molecule has 1 aliphatic heterocycles. The number of carbonyl (C=O) groups excluding carboxylic acids is 6. The third-order valence-electron chi connectivity index (χ3n) is 10.1. The minimum atomic E-state index is -0.889. The molecule has 2 fully saturated rings. The summed E-state index contributed by atoms with van der Waals surface area (Å²) < 4.78 is 0. The average Bonchev–Trinajstić information content (AvgIpc) is 3.63. The van der Waals surface area contributed by atoms with E-state index in [1.54, 1.807) is 4.90 Å². The highest BCUT2D eigenvalue weighted by Gasteiger charge is 2.51. The van der Waals surface area contributed by atoms with Gasteiger partial charge in [0.25, 0.3) is 0 Å². The number of nitrogens with one attached hydrogen (secondary N) is 1. The summed E-state index contributed by atoms with van der Waals surface area (Å²) >= 11 is 0. The molecule has 1 saturated heterocycles. The van der Waals surface area contributed by atoms with Gasteiger partial charge in [0.05, 0.1) is 12.2 Å². The van der Waals surface area contributed by atoms with Crippen LogP contribution in [0.4, 0.5) is 0 Å². The van der Waals surface area contributed by atoms with Gasteiger partial charge in [-0.25, -0.2) is 4.98 Å². The molecule has 7 atom stereocenters. The van der Waals surface area contributed by atoms with E-state index in [0.29, 0.717) is 19.4 Å². The molecule has 0 bridgehead atoms. The first-order valence-corrected chi connectivity index (χ1v) is 17.3. The fourth-order valence-corrected chi connectivity index (χ4v) is 7.10. The van der Waals surface area contributed by atoms with Crippen LogP contribution in [0.5, 0.6) is 0 Å². The SMILES string of the molecule is CCCC(CC(=O)[C@@H]1[C@H]2CCC[C@H]2CN1C(=O)[C@@H](NC(=O)[C@H](CC(=O)c1cnccn1)C(C)C)C(C)C)C(=O)C(=O)C[C@H](C)CC. The molecule has 46 heavy (non-hydrogen) atoms. The molecular formula is C36H54N4O6. The third-order valence-corrected chi connectivity index (χ3v) is 10.1. The molecule has 2 aliphatic rings. The number of ketones is 4. The van der Waals surface area contributed by atoms with Crippen molar-refractivity contribution in [2.75, 3.05) is 6.54 Å². The Hall–Kier alpha value is -3.30. The zero-order valence-corrected chi connectivity index (χ0v) is 28.8. The van der Waals surface area contributed by atoms with Crippen LogP contribution in [0.2, 0.25) is 0 Å². The van der Waals surface area contributed by atoms with Crippen LogP contribution in [-0.4, -0.2) is 68.4 Å². The van der Waals surface area contributed by atoms with Gasteiger partial charge in [0.2, 0.25) is 17.6 Å². The van der Waals surface area contributed by atoms with Crippen LogP contribution in [-0.2, 0) is 24.0 Å². The molecule has 2 heterocycles. The molecule has 1 aromatic heterocycles. The van der Waals surface area contributed by atoms with E-state index in [9.17, 15) is 28.8 Å². The first-order chi connectivity index (χ1) is 21.8. The highest BCUT2D eigenvalue weighted by molar-refractivity contribution is 6.38. The van der Waals surface area contributed by atoms with Gasteiger partial charge < -0.3 is 10.2 Å². The van der Waals surface area contributed by atoms with Crippen LogP contribution in [0.15, 0.2) is 18.6 Å². The minimum absolute atomic E-state index is 0.00109. The number of hydrogen-bond acceptors (Lipinski definition) is 8. The Morgan fingerprint density at radius 1 is 0.935 bits per heavy atom. The molecule has 1 saturated carbocycles. The zero-order chi connectivity index (χ0) is 34.1. The molecule has 10 heteroatoms. The van der Waals surface area contributed by atoms with E-state index in [-0.39, 0.29) is 72.0 Å². The summed E-state index contributed by atoms with van der Waals surface area (Å²) in [4.78, 5) is 90.6. The lowest BCUT2D eigenvalue weighted by Gasteiger charge is -2.33. The van der Waals surface area contributed by atoms with Gasteiger partial charge in [-0.2, -0.15) is 0 Å². The lowest BCUT2D eigenvalue weighted by atomic mass is 9.83. The first-order valence-electron chi connectivity index (χ1n) is 17.3. The number of fused-ring (bicyclic) bond motifs is 1. The van der Waals surface area contributed by atoms with Crippen LogP contribution in [0.3, 0.4) is 0 Å². The van der Waals surface area contributed by atoms with Crippen molar-refractivity contribution in [3.63, 3.8) is 0 Å². The van der Waals surface area contributed by atoms with Gasteiger partial charge in [-0.15, -0.1) is 0 Å². The van der Waals surface area contributed by atoms with Crippen LogP contribution in [0, 0.1) is 41.4 Å². The average molecular weight is 639 g/mol. The highest BCUT2D eigenvalue weighted by atomic mass is 16.2. The van der Waals surface area contributed by atoms with E-state index in [1.165, 1.54) is 18.6 Å². The van der Waals surface area contributed by atoms with E-state index in [4.69, 9.17) is 0 Å². The van der Waals surface area contributed by atoms with Crippen LogP contribution < -0.4 is 5.32 Å². The van der Waals surface area contributed by atoms with Crippen molar-refractivity contribution < 1.29 is 28.8 Å². The first kappa shape index (κ1) is 37.2. The van der Waals surface area contributed by atoms with Crippen LogP contribution in [0.25, 0.3) is 0 Å². The molecule has 10 nitrogen and oxygen atoms in total. The predicted octanol–water partition coefficient (Wildman–Crippen LogP) is 5.04. The fraction of sp³-hybridized carbons (Fsp3) is 0.722. The predicted molar refractivity (Wildman–Crippen MR) is 175 cm³/mol. The van der Waals surface area contributed by atoms with Gasteiger partial charge in [-0.3, -0.25) is 33.8 Å². The third kappa shape index (κ3) is 9.16. The molecule has 0 radical (unpaired) electrons. The molecule has 0 spiro atoms. The monoisotopic (exact) mass is 638 g/mol. The number of amides is 2. The fourth-order valence-electron chi connectivity index (χ4n) is 7.10. The number of Topliss-reactive ketones (excluding diaryl/α,β-unsaturated/α-hetero) is 4. The van der Waals surface area contributed by atoms with Gasteiger partial charge in [0.1, 0.15) is 11.7 Å². The molecule has 1 unspecified atom stereocenters. The number of nitrogens with zero attached hydrogens (tertiary/aromatic N) is 3. The summed E-state index contributed by atoms with van der Waals surface area (Å²) in [6, 6.07) is -1.58. The van der Waals surface area contributed by atoms with Crippen molar-refractivity contribution in [1.29, 1.82) is 0 Å². The maximum absolute atomic E-state index is 14.3. The second-order valence-corrected chi connectivity index (χ2v) is 14.3. The molecule has 1 aromatic rings. The maximum atomic E-state index is 14.3. The molecule has 1 N–H and O–H groups in total. The van der Waals surface area contributed by atoms with Crippen molar-refractivity contribution in [2.24, 2.45) is 41.4 Å². The van der Waals surface area contributed by atoms with Crippen LogP contribution in [0.1, 0.15) is 117 Å². The Morgan fingerprint density at radius 2 is 1.65 bits per heavy atom. The van der Waals surface area contributed by atoms with Crippen molar-refractivity contribution in [3.05, 3.63) is 24.3 Å². The van der Waals surface area contributed by atoms with E-state index < -0.39 is 41.4 Å². The molecular weight excluding hydrogens is 584 g/mol. The summed E-state index contributed by atoms with van der Waals surface area (Å²) in [7, 11) is 0. The maximum Gasteiger partial charge on any atom is 0.246 e. The highest BCUT2D eigenvalue weighted by Crippen LogP contribution is 2.43. The van der Waals surface area contributed by atoms with E-state index >= 15 is 0 Å². The normalized spacial score (nSPS) is 21.8. The van der Waals surface area contributed by atoms with E-state index in [0.717, 1.165) is 25.7 Å². The number of hydrogen-bond donors (Lipinski definition) is 1. The quantitative estimate of drug-likeness (QED) is 0.174. The van der Waals surface area contributed by atoms with E-state index in [1.807, 2.05) is 48.5 Å². The van der Waals surface area contributed by atoms with E-state index in [2.05, 4.69) is 15.3 Å². The van der Waals surface area contributed by atoms with Crippen molar-refractivity contribution >= 4 is 34.9 Å². The Balaban J connectivity index is 1.80. The number of aromatic nitrogens is 2. The Morgan fingerprint density at radius 3 is 2.24 bits per heavy atom. The van der Waals surface area contributed by atoms with Gasteiger partial charge in [-0.05, 0) is 48.9 Å². The molecule has 2 amide bonds. The van der Waals surface area contributed by atoms with Crippen molar-refractivity contribution in [1.82, 2.24) is 20.2 Å². The van der Waals surface area contributed by atoms with Gasteiger partial charge >= 0.3 is 0 Å². The molecule has 254 valence electrons. The standard InChI is InChI=1S/C36H54N4O6/c1-8-11-24(34(44)31(43)16-23(7)9-2)17-30(42)33-26-13-10-12-25(26)20-40(33)36(46)32(22(5)6)39-35(45)27(21(3)4)18-29(41)28-19-37-14-15-38-28/h14-15,19,21-27,32-33H,8-13,16-18,20H2,1-7H3,(H,39,45)/t23-,24?,25+,26+,27-,32+,33+/m1/s1. The molecule has 1 aliphatic carbocycles. The van der Waals surface area contributed by atoms with Crippen molar-refractivity contribution in [3.8, 4) is 0 Å². The lowest BCUT2D eigenvalue weighted by molar-refractivity contribution is -0.145. The summed E-state index contributed by atoms with van der Waals surface area (Å²) in [5.74, 6) is -3.62. The minimum Gasteiger partial charge on any atom is -0.344 e. The smallest absolute Gasteiger partial charge is 0.246 e. The summed E-state index contributed by atoms with van der Waals surface area (Å²) in [5, 5.41) is 2.95. The Kier molecular flexibility index (Phi) is 13.8. The second-order valence-electron chi connectivity index (χ2n) is 14.3. The molecule has 3 rings (SSSR count). The summed E-state index contributed by atoms with van der Waals surface area (Å²) in [6.07, 6.45) is 8.95. The topological polar surface area (TPSA) is 143 Å². The van der Waals surface area contributed by atoms with Gasteiger partial charge in [0.15, 0.2) is 17.3 Å². The largest absolute Gasteiger partial charge is 0.344 e. The van der Waals surface area contributed by atoms with Gasteiger partial charge in [0, 0.05) is 50.0 Å². The number of carbonyl (C=O) groups is 6. The molecule has 0 aromatic carbocycles. The Labute approximate surface area is 274 Å².